The van der Waals surface area contributed by atoms with E-state index in [4.69, 9.17) is 10.2 Å². The molecular weight excluding hydrogens is 393 g/mol. The number of phenolic OH excluding ortho intramolecular Hbond substituents is 2. The van der Waals surface area contributed by atoms with Gasteiger partial charge in [-0.3, -0.25) is 9.41 Å². The van der Waals surface area contributed by atoms with Gasteiger partial charge in [-0.25, -0.2) is 0 Å². The molecule has 0 saturated heterocycles. The van der Waals surface area contributed by atoms with Gasteiger partial charge in [0, 0.05) is 25.8 Å². The van der Waals surface area contributed by atoms with Crippen molar-refractivity contribution in [1.29, 1.82) is 0 Å². The fourth-order valence-corrected chi connectivity index (χ4v) is 0.856. The van der Waals surface area contributed by atoms with E-state index in [1.54, 1.807) is 48.5 Å². The number of hydrogen-bond acceptors (Lipinski definition) is 2. The van der Waals surface area contributed by atoms with E-state index in [0.717, 1.165) is 0 Å². The van der Waals surface area contributed by atoms with Crippen molar-refractivity contribution in [3.63, 3.8) is 0 Å². The van der Waals surface area contributed by atoms with Gasteiger partial charge in [-0.15, -0.1) is 0 Å². The van der Waals surface area contributed by atoms with Crippen LogP contribution in [0, 0.1) is 0 Å². The third-order valence-electron chi connectivity index (χ3n) is 1.51. The molecule has 0 aromatic heterocycles. The third kappa shape index (κ3) is 11.0. The molecule has 0 aliphatic carbocycles. The largest absolute Gasteiger partial charge is 0.508 e. The van der Waals surface area contributed by atoms with Gasteiger partial charge in [-0.2, -0.15) is 0 Å². The standard InChI is InChI=1S/2C6H6O.2FH.Hf/c2*7-6-4-2-1-3-5-6;;;/h2*1-5,7H;2*1H;. The first-order valence-corrected chi connectivity index (χ1v) is 4.27. The molecule has 0 amide bonds. The summed E-state index contributed by atoms with van der Waals surface area (Å²) in [6.07, 6.45) is 0. The Morgan fingerprint density at radius 2 is 0.765 bits per heavy atom. The predicted octanol–water partition coefficient (Wildman–Crippen LogP) is 3.09. The number of halogens is 2. The molecule has 0 atom stereocenters. The molecule has 0 spiro atoms. The van der Waals surface area contributed by atoms with Crippen molar-refractivity contribution in [2.45, 2.75) is 0 Å². The fraction of sp³-hybridized carbons (Fsp3) is 0. The molecule has 0 unspecified atom stereocenters. The minimum absolute atomic E-state index is 0. The zero-order valence-corrected chi connectivity index (χ0v) is 12.6. The van der Waals surface area contributed by atoms with Crippen LogP contribution in [0.15, 0.2) is 60.7 Å². The van der Waals surface area contributed by atoms with Gasteiger partial charge in [0.25, 0.3) is 0 Å². The smallest absolute Gasteiger partial charge is 0.115 e. The topological polar surface area (TPSA) is 40.5 Å². The molecule has 0 bridgehead atoms. The Bertz CT molecular complexity index is 320. The van der Waals surface area contributed by atoms with Gasteiger partial charge in [-0.05, 0) is 24.3 Å². The van der Waals surface area contributed by atoms with Crippen LogP contribution in [0.25, 0.3) is 0 Å². The molecule has 0 aliphatic heterocycles. The third-order valence-corrected chi connectivity index (χ3v) is 1.51. The second kappa shape index (κ2) is 12.8. The zero-order chi connectivity index (χ0) is 10.2. The van der Waals surface area contributed by atoms with Crippen molar-refractivity contribution in [2.24, 2.45) is 0 Å². The average Bonchev–Trinajstić information content (AvgIpc) is 2.21. The summed E-state index contributed by atoms with van der Waals surface area (Å²) in [6.45, 7) is 0. The zero-order valence-electron chi connectivity index (χ0n) is 8.98. The second-order valence-electron chi connectivity index (χ2n) is 2.67. The summed E-state index contributed by atoms with van der Waals surface area (Å²) >= 11 is 0. The quantitative estimate of drug-likeness (QED) is 0.660. The molecule has 2 aromatic carbocycles. The molecular formula is C12H14F2HfO2. The molecule has 0 fully saturated rings. The van der Waals surface area contributed by atoms with E-state index in [1.807, 2.05) is 12.1 Å². The Morgan fingerprint density at radius 1 is 0.529 bits per heavy atom. The number of benzene rings is 2. The second-order valence-corrected chi connectivity index (χ2v) is 2.67. The Kier molecular flexibility index (Phi) is 15.9. The summed E-state index contributed by atoms with van der Waals surface area (Å²) in [5.74, 6) is 0.644. The van der Waals surface area contributed by atoms with Crippen molar-refractivity contribution >= 4 is 0 Å². The molecule has 0 aliphatic rings. The van der Waals surface area contributed by atoms with Gasteiger partial charge in [0.15, 0.2) is 0 Å². The summed E-state index contributed by atoms with van der Waals surface area (Å²) in [7, 11) is 0. The minimum Gasteiger partial charge on any atom is -0.508 e. The van der Waals surface area contributed by atoms with E-state index in [9.17, 15) is 0 Å². The molecule has 2 nitrogen and oxygen atoms in total. The summed E-state index contributed by atoms with van der Waals surface area (Å²) in [5, 5.41) is 17.3. The van der Waals surface area contributed by atoms with Gasteiger partial charge >= 0.3 is 0 Å². The average molecular weight is 407 g/mol. The molecule has 5 heteroatoms. The normalized spacial score (nSPS) is 7.06. The molecule has 2 rings (SSSR count). The van der Waals surface area contributed by atoms with Crippen molar-refractivity contribution in [1.82, 2.24) is 0 Å². The SMILES string of the molecule is F.F.Oc1ccccc1.Oc1ccccc1.[Hf]. The van der Waals surface area contributed by atoms with Crippen molar-refractivity contribution in [3.05, 3.63) is 60.7 Å². The van der Waals surface area contributed by atoms with Crippen LogP contribution in [-0.4, -0.2) is 10.2 Å². The summed E-state index contributed by atoms with van der Waals surface area (Å²) in [6, 6.07) is 17.4. The number of hydrogen-bond donors (Lipinski definition) is 2. The van der Waals surface area contributed by atoms with E-state index < -0.39 is 0 Å². The number of aromatic hydroxyl groups is 2. The Labute approximate surface area is 117 Å². The molecule has 92 valence electrons. The first-order chi connectivity index (χ1) is 6.79. The maximum Gasteiger partial charge on any atom is 0.115 e. The van der Waals surface area contributed by atoms with Crippen LogP contribution >= 0.6 is 0 Å². The molecule has 2 N–H and O–H groups in total. The van der Waals surface area contributed by atoms with Gasteiger partial charge in [0.05, 0.1) is 0 Å². The van der Waals surface area contributed by atoms with Gasteiger partial charge < -0.3 is 10.2 Å². The number of rotatable bonds is 0. The first kappa shape index (κ1) is 21.1. The molecule has 17 heavy (non-hydrogen) atoms. The summed E-state index contributed by atoms with van der Waals surface area (Å²) < 4.78 is 0. The first-order valence-electron chi connectivity index (χ1n) is 4.27. The van der Waals surface area contributed by atoms with Crippen molar-refractivity contribution < 1.29 is 45.5 Å². The summed E-state index contributed by atoms with van der Waals surface area (Å²) in [5.41, 5.74) is 0. The molecule has 0 saturated carbocycles. The van der Waals surface area contributed by atoms with Crippen LogP contribution in [0.4, 0.5) is 9.41 Å². The molecule has 0 heterocycles. The van der Waals surface area contributed by atoms with Crippen LogP contribution in [0.3, 0.4) is 0 Å². The van der Waals surface area contributed by atoms with Gasteiger partial charge in [-0.1, -0.05) is 36.4 Å². The number of phenols is 2. The van der Waals surface area contributed by atoms with Gasteiger partial charge in [0.2, 0.25) is 0 Å². The number of para-hydroxylation sites is 2. The Hall–Kier alpha value is -1.23. The minimum atomic E-state index is 0. The van der Waals surface area contributed by atoms with E-state index >= 15 is 0 Å². The van der Waals surface area contributed by atoms with E-state index in [2.05, 4.69) is 0 Å². The Morgan fingerprint density at radius 3 is 0.882 bits per heavy atom. The predicted molar refractivity (Wildman–Crippen MR) is 61.2 cm³/mol. The molecule has 2 aromatic rings. The van der Waals surface area contributed by atoms with Crippen molar-refractivity contribution in [2.75, 3.05) is 0 Å². The molecule has 0 radical (unpaired) electrons. The van der Waals surface area contributed by atoms with Crippen LogP contribution in [0.5, 0.6) is 11.5 Å². The van der Waals surface area contributed by atoms with E-state index in [1.165, 1.54) is 0 Å². The van der Waals surface area contributed by atoms with Crippen LogP contribution in [0.1, 0.15) is 0 Å². The maximum atomic E-state index is 8.63. The summed E-state index contributed by atoms with van der Waals surface area (Å²) in [4.78, 5) is 0. The fourth-order valence-electron chi connectivity index (χ4n) is 0.856. The van der Waals surface area contributed by atoms with Crippen LogP contribution < -0.4 is 0 Å². The monoisotopic (exact) mass is 408 g/mol. The van der Waals surface area contributed by atoms with Crippen molar-refractivity contribution in [3.8, 4) is 11.5 Å². The van der Waals surface area contributed by atoms with Gasteiger partial charge in [0.1, 0.15) is 11.5 Å². The van der Waals surface area contributed by atoms with Crippen LogP contribution in [-0.2, 0) is 25.8 Å². The van der Waals surface area contributed by atoms with Crippen LogP contribution in [0.2, 0.25) is 0 Å². The van der Waals surface area contributed by atoms with E-state index in [-0.39, 0.29) is 35.3 Å². The Balaban J connectivity index is -0.000000196. The van der Waals surface area contributed by atoms with E-state index in [0.29, 0.717) is 11.5 Å². The maximum absolute atomic E-state index is 8.63.